The number of ether oxygens (including phenoxy) is 4. The first kappa shape index (κ1) is 44.9. The molecule has 9 N–H and O–H groups in total. The summed E-state index contributed by atoms with van der Waals surface area (Å²) < 4.78 is 24.4. The molecule has 0 aromatic heterocycles. The number of thioether (sulfide) groups is 1. The fourth-order valence-corrected chi connectivity index (χ4v) is 9.97. The van der Waals surface area contributed by atoms with Gasteiger partial charge in [-0.15, -0.1) is 0 Å². The third-order valence-corrected chi connectivity index (χ3v) is 15.3. The molecule has 0 radical (unpaired) electrons. The van der Waals surface area contributed by atoms with Gasteiger partial charge in [-0.05, 0) is 86.5 Å². The van der Waals surface area contributed by atoms with Gasteiger partial charge >= 0.3 is 12.0 Å². The molecule has 0 spiro atoms. The van der Waals surface area contributed by atoms with Crippen LogP contribution in [0.3, 0.4) is 0 Å². The number of hydrogen-bond donors (Lipinski definition) is 9. The maximum atomic E-state index is 13.2. The van der Waals surface area contributed by atoms with Crippen LogP contribution in [0, 0.1) is 5.41 Å². The molecule has 4 fully saturated rings. The van der Waals surface area contributed by atoms with E-state index in [4.69, 9.17) is 18.9 Å². The summed E-state index contributed by atoms with van der Waals surface area (Å²) in [4.78, 5) is 37.6. The minimum Gasteiger partial charge on any atom is -0.463 e. The number of fused-ring (bicyclic) bond motifs is 1. The molecule has 16 nitrogen and oxygen atoms in total. The van der Waals surface area contributed by atoms with Gasteiger partial charge in [0.1, 0.15) is 45.8 Å². The summed E-state index contributed by atoms with van der Waals surface area (Å²) in [6.07, 6.45) is 1.72. The van der Waals surface area contributed by atoms with Gasteiger partial charge in [0.25, 0.3) is 0 Å². The average Bonchev–Trinajstić information content (AvgIpc) is 3.59. The van der Waals surface area contributed by atoms with Crippen LogP contribution in [-0.4, -0.2) is 149 Å². The van der Waals surface area contributed by atoms with Gasteiger partial charge in [-0.25, -0.2) is 4.79 Å². The maximum Gasteiger partial charge on any atom is 0.315 e. The zero-order valence-corrected chi connectivity index (χ0v) is 34.4. The second kappa shape index (κ2) is 15.2. The van der Waals surface area contributed by atoms with Crippen molar-refractivity contribution in [1.29, 1.82) is 0 Å². The number of aliphatic hydroxyl groups excluding tert-OH is 3. The van der Waals surface area contributed by atoms with Gasteiger partial charge in [-0.3, -0.25) is 9.59 Å². The average molecular weight is 792 g/mol. The first-order valence-corrected chi connectivity index (χ1v) is 19.9. The Bertz CT molecular complexity index is 1410. The van der Waals surface area contributed by atoms with E-state index in [9.17, 15) is 45.0 Å². The number of aliphatic hydroxyl groups is 6. The fraction of sp³-hybridized carbons (Fsp3) is 0.919. The van der Waals surface area contributed by atoms with E-state index >= 15 is 0 Å². The topological polar surface area (TPSA) is 246 Å². The summed E-state index contributed by atoms with van der Waals surface area (Å²) in [5, 5.41) is 76.2. The first-order valence-electron chi connectivity index (χ1n) is 18.9. The summed E-state index contributed by atoms with van der Waals surface area (Å²) >= 11 is 1.80. The lowest BCUT2D eigenvalue weighted by Crippen LogP contribution is -2.85. The highest BCUT2D eigenvalue weighted by Gasteiger charge is 2.74. The van der Waals surface area contributed by atoms with Crippen molar-refractivity contribution >= 4 is 29.7 Å². The second-order valence-corrected chi connectivity index (χ2v) is 19.1. The van der Waals surface area contributed by atoms with Crippen LogP contribution in [0.15, 0.2) is 0 Å². The Hall–Kier alpha value is -1.80. The summed E-state index contributed by atoms with van der Waals surface area (Å²) in [6, 6.07) is 0.0351. The van der Waals surface area contributed by atoms with Gasteiger partial charge in [-0.2, -0.15) is 11.8 Å². The summed E-state index contributed by atoms with van der Waals surface area (Å²) in [5.74, 6) is -0.0182. The minimum atomic E-state index is -2.26. The summed E-state index contributed by atoms with van der Waals surface area (Å²) in [7, 11) is 0. The van der Waals surface area contributed by atoms with E-state index < -0.39 is 82.2 Å². The highest BCUT2D eigenvalue weighted by Crippen LogP contribution is 2.59. The lowest BCUT2D eigenvalue weighted by molar-refractivity contribution is -0.413. The molecule has 0 aromatic rings. The molecule has 3 heterocycles. The normalized spacial score (nSPS) is 39.6. The fourth-order valence-electron chi connectivity index (χ4n) is 8.43. The molecule has 3 aliphatic heterocycles. The summed E-state index contributed by atoms with van der Waals surface area (Å²) in [5.41, 5.74) is -15.4. The van der Waals surface area contributed by atoms with E-state index in [1.54, 1.807) is 25.6 Å². The number of esters is 1. The number of nitrogens with one attached hydrogen (secondary N) is 3. The molecule has 7 unspecified atom stereocenters. The predicted molar refractivity (Wildman–Crippen MR) is 198 cm³/mol. The molecule has 0 aromatic carbocycles. The van der Waals surface area contributed by atoms with Crippen LogP contribution in [0.4, 0.5) is 4.79 Å². The molecular formula is C37H65N3O13S. The first-order chi connectivity index (χ1) is 24.6. The highest BCUT2D eigenvalue weighted by atomic mass is 32.2. The van der Waals surface area contributed by atoms with Gasteiger partial charge in [0.05, 0.1) is 37.4 Å². The monoisotopic (exact) mass is 791 g/mol. The van der Waals surface area contributed by atoms with Crippen molar-refractivity contribution in [1.82, 2.24) is 16.0 Å². The molecule has 4 rings (SSSR count). The molecule has 3 amide bonds. The number of unbranched alkanes of at least 4 members (excludes halogenated alkanes) is 1. The van der Waals surface area contributed by atoms with Crippen LogP contribution in [0.5, 0.6) is 0 Å². The van der Waals surface area contributed by atoms with E-state index in [2.05, 4.69) is 16.0 Å². The standard InChI is InChI=1S/C37H65N3O13S/c1-22(43)40-34(7,29(2)15-16-29)32(5,20-50-25(44)14-12-11-13-24-26-23(17-54-24)38-28(46)39-26)52-30(3,18-41)27(45)51-21-33(6)36(9,48)37(10,49)35(8,47)31(4,19-42)53-33/h23-24,26-27,41-42,45,47-49H,11-21H2,1-10H3,(H,40,43)(H2,38,39,46)/t23-,24?,26-,27?,30?,31?,32-,33-,34?,35-,36?,37?/m0/s1. The van der Waals surface area contributed by atoms with Crippen molar-refractivity contribution in [2.75, 3.05) is 32.2 Å². The van der Waals surface area contributed by atoms with E-state index in [1.165, 1.54) is 48.5 Å². The van der Waals surface area contributed by atoms with Crippen LogP contribution in [0.2, 0.25) is 0 Å². The van der Waals surface area contributed by atoms with E-state index in [-0.39, 0.29) is 42.3 Å². The van der Waals surface area contributed by atoms with Gasteiger partial charge in [0.2, 0.25) is 5.91 Å². The molecule has 17 heteroatoms. The lowest BCUT2D eigenvalue weighted by Gasteiger charge is -2.65. The van der Waals surface area contributed by atoms with Crippen LogP contribution in [0.1, 0.15) is 108 Å². The number of rotatable bonds is 18. The molecule has 1 aliphatic carbocycles. The Morgan fingerprint density at radius 1 is 0.981 bits per heavy atom. The van der Waals surface area contributed by atoms with Gasteiger partial charge in [-0.1, -0.05) is 13.3 Å². The van der Waals surface area contributed by atoms with Gasteiger partial charge < -0.3 is 65.5 Å². The van der Waals surface area contributed by atoms with E-state index in [1.807, 2.05) is 6.92 Å². The molecular weight excluding hydrogens is 726 g/mol. The zero-order chi connectivity index (χ0) is 41.0. The number of carbonyl (C=O) groups is 3. The number of carbonyl (C=O) groups excluding carboxylic acids is 3. The van der Waals surface area contributed by atoms with Gasteiger partial charge in [0, 0.05) is 24.3 Å². The van der Waals surface area contributed by atoms with Crippen LogP contribution < -0.4 is 16.0 Å². The molecule has 3 saturated heterocycles. The quantitative estimate of drug-likeness (QED) is 0.0400. The Balaban J connectivity index is 1.50. The Labute approximate surface area is 322 Å². The molecule has 4 aliphatic rings. The smallest absolute Gasteiger partial charge is 0.315 e. The molecule has 0 bridgehead atoms. The maximum absolute atomic E-state index is 13.2. The third kappa shape index (κ3) is 7.63. The predicted octanol–water partition coefficient (Wildman–Crippen LogP) is 0.605. The second-order valence-electron chi connectivity index (χ2n) is 17.8. The molecule has 312 valence electrons. The number of hydrogen-bond acceptors (Lipinski definition) is 14. The van der Waals surface area contributed by atoms with Crippen LogP contribution in [0.25, 0.3) is 0 Å². The lowest BCUT2D eigenvalue weighted by atomic mass is 9.58. The number of urea groups is 1. The summed E-state index contributed by atoms with van der Waals surface area (Å²) in [6.45, 7) is 12.1. The SMILES string of the molecule is CC(=O)NC(C)(C1(C)CC1)[C@](C)(COC(=O)CCCCC1SC[C@@H]2NC(=O)N[C@H]12)OC(C)(CO)C(O)OC[C@]1(C)OC(C)(CO)[C@](C)(O)C(C)(O)C1(C)O. The van der Waals surface area contributed by atoms with Crippen molar-refractivity contribution in [2.24, 2.45) is 5.41 Å². The van der Waals surface area contributed by atoms with Crippen LogP contribution >= 0.6 is 11.8 Å². The third-order valence-electron chi connectivity index (χ3n) is 13.8. The minimum absolute atomic E-state index is 0.0703. The van der Waals surface area contributed by atoms with E-state index in [0.29, 0.717) is 19.3 Å². The Morgan fingerprint density at radius 2 is 1.59 bits per heavy atom. The van der Waals surface area contributed by atoms with Gasteiger partial charge in [0.15, 0.2) is 6.29 Å². The number of amides is 3. The molecule has 12 atom stereocenters. The largest absolute Gasteiger partial charge is 0.463 e. The highest BCUT2D eigenvalue weighted by molar-refractivity contribution is 8.00. The van der Waals surface area contributed by atoms with Crippen molar-refractivity contribution in [3.8, 4) is 0 Å². The molecule has 1 saturated carbocycles. The van der Waals surface area contributed by atoms with Crippen molar-refractivity contribution in [2.45, 2.75) is 176 Å². The Morgan fingerprint density at radius 3 is 2.15 bits per heavy atom. The Kier molecular flexibility index (Phi) is 12.6. The van der Waals surface area contributed by atoms with Crippen molar-refractivity contribution in [3.05, 3.63) is 0 Å². The zero-order valence-electron chi connectivity index (χ0n) is 33.5. The van der Waals surface area contributed by atoms with E-state index in [0.717, 1.165) is 18.6 Å². The van der Waals surface area contributed by atoms with Crippen LogP contribution in [-0.2, 0) is 28.5 Å². The van der Waals surface area contributed by atoms with Crippen molar-refractivity contribution in [3.63, 3.8) is 0 Å². The molecule has 54 heavy (non-hydrogen) atoms. The van der Waals surface area contributed by atoms with Crippen molar-refractivity contribution < 1.29 is 64.0 Å².